The molecule has 3 aromatic rings. The molecule has 2 amide bonds. The number of benzene rings is 2. The number of hydrazine groups is 1. The van der Waals surface area contributed by atoms with E-state index in [2.05, 4.69) is 20.8 Å². The first-order valence-corrected chi connectivity index (χ1v) is 7.43. The molecular weight excluding hydrogens is 324 g/mol. The first kappa shape index (κ1) is 14.9. The van der Waals surface area contributed by atoms with Crippen LogP contribution in [0.3, 0.4) is 0 Å². The average Bonchev–Trinajstić information content (AvgIpc) is 3.13. The van der Waals surface area contributed by atoms with Gasteiger partial charge in [0.05, 0.1) is 17.2 Å². The molecule has 8 nitrogen and oxygen atoms in total. The zero-order valence-corrected chi connectivity index (χ0v) is 12.9. The van der Waals surface area contributed by atoms with E-state index >= 15 is 0 Å². The molecule has 0 radical (unpaired) electrons. The molecule has 0 bridgehead atoms. The molecule has 2 aromatic carbocycles. The van der Waals surface area contributed by atoms with Gasteiger partial charge in [0.15, 0.2) is 11.5 Å². The van der Waals surface area contributed by atoms with Crippen LogP contribution in [-0.2, 0) is 0 Å². The Balaban J connectivity index is 1.44. The molecule has 2 heterocycles. The Morgan fingerprint density at radius 2 is 1.68 bits per heavy atom. The fraction of sp³-hybridized carbons (Fsp3) is 0.0588. The van der Waals surface area contributed by atoms with Crippen molar-refractivity contribution in [2.45, 2.75) is 0 Å². The Kier molecular flexibility index (Phi) is 3.62. The number of rotatable bonds is 2. The van der Waals surface area contributed by atoms with Gasteiger partial charge in [0.25, 0.3) is 11.8 Å². The summed E-state index contributed by atoms with van der Waals surface area (Å²) >= 11 is 0. The second kappa shape index (κ2) is 6.08. The van der Waals surface area contributed by atoms with Gasteiger partial charge in [0, 0.05) is 5.56 Å². The van der Waals surface area contributed by atoms with Gasteiger partial charge in [-0.2, -0.15) is 0 Å². The maximum absolute atomic E-state index is 12.1. The number of amides is 2. The molecule has 2 N–H and O–H groups in total. The second-order valence-corrected chi connectivity index (χ2v) is 5.22. The standard InChI is InChI=1S/C17H12N4O4/c22-16(10-5-6-14-15(7-10)25-9-24-14)20-21-17(23)13-8-18-11-3-1-2-4-12(11)19-13/h1-8H,9H2,(H,20,22)(H,21,23). The molecule has 0 saturated heterocycles. The van der Waals surface area contributed by atoms with Crippen LogP contribution in [0.15, 0.2) is 48.7 Å². The number of hydrogen-bond donors (Lipinski definition) is 2. The molecule has 8 heteroatoms. The molecular formula is C17H12N4O4. The second-order valence-electron chi connectivity index (χ2n) is 5.22. The number of hydrogen-bond acceptors (Lipinski definition) is 6. The highest BCUT2D eigenvalue weighted by Crippen LogP contribution is 2.32. The number of nitrogens with one attached hydrogen (secondary N) is 2. The van der Waals surface area contributed by atoms with Gasteiger partial charge in [-0.25, -0.2) is 4.98 Å². The van der Waals surface area contributed by atoms with Crippen molar-refractivity contribution in [2.24, 2.45) is 0 Å². The minimum absolute atomic E-state index is 0.102. The first-order valence-electron chi connectivity index (χ1n) is 7.43. The van der Waals surface area contributed by atoms with Crippen molar-refractivity contribution in [3.05, 3.63) is 59.9 Å². The maximum atomic E-state index is 12.1. The van der Waals surface area contributed by atoms with E-state index in [1.54, 1.807) is 36.4 Å². The fourth-order valence-corrected chi connectivity index (χ4v) is 2.35. The van der Waals surface area contributed by atoms with Crippen LogP contribution in [-0.4, -0.2) is 28.6 Å². The third kappa shape index (κ3) is 2.92. The van der Waals surface area contributed by atoms with E-state index < -0.39 is 11.8 Å². The SMILES string of the molecule is O=C(NNC(=O)c1cnc2ccccc2n1)c1ccc2c(c1)OCO2. The van der Waals surface area contributed by atoms with E-state index in [1.807, 2.05) is 6.07 Å². The summed E-state index contributed by atoms with van der Waals surface area (Å²) in [6.07, 6.45) is 1.35. The molecule has 0 atom stereocenters. The van der Waals surface area contributed by atoms with Crippen LogP contribution in [0.25, 0.3) is 11.0 Å². The Hall–Kier alpha value is -3.68. The van der Waals surface area contributed by atoms with Crippen molar-refractivity contribution in [3.63, 3.8) is 0 Å². The molecule has 1 aliphatic heterocycles. The minimum atomic E-state index is -0.563. The molecule has 25 heavy (non-hydrogen) atoms. The third-order valence-electron chi connectivity index (χ3n) is 3.61. The number of carbonyl (C=O) groups excluding carboxylic acids is 2. The molecule has 124 valence electrons. The summed E-state index contributed by atoms with van der Waals surface area (Å²) in [5.74, 6) is 0.0131. The number of ether oxygens (including phenoxy) is 2. The van der Waals surface area contributed by atoms with Gasteiger partial charge in [-0.05, 0) is 30.3 Å². The summed E-state index contributed by atoms with van der Waals surface area (Å²) in [5, 5.41) is 0. The van der Waals surface area contributed by atoms with E-state index in [0.29, 0.717) is 28.1 Å². The molecule has 1 aliphatic rings. The third-order valence-corrected chi connectivity index (χ3v) is 3.61. The first-order chi connectivity index (χ1) is 12.2. The lowest BCUT2D eigenvalue weighted by Crippen LogP contribution is -2.42. The molecule has 0 spiro atoms. The van der Waals surface area contributed by atoms with Gasteiger partial charge in [-0.1, -0.05) is 12.1 Å². The monoisotopic (exact) mass is 336 g/mol. The highest BCUT2D eigenvalue weighted by atomic mass is 16.7. The van der Waals surface area contributed by atoms with Gasteiger partial charge in [0.2, 0.25) is 6.79 Å². The van der Waals surface area contributed by atoms with Crippen LogP contribution in [0, 0.1) is 0 Å². The van der Waals surface area contributed by atoms with Crippen molar-refractivity contribution in [1.82, 2.24) is 20.8 Å². The zero-order valence-electron chi connectivity index (χ0n) is 12.9. The average molecular weight is 336 g/mol. The van der Waals surface area contributed by atoms with Crippen molar-refractivity contribution in [3.8, 4) is 11.5 Å². The largest absolute Gasteiger partial charge is 0.454 e. The smallest absolute Gasteiger partial charge is 0.289 e. The number of fused-ring (bicyclic) bond motifs is 2. The van der Waals surface area contributed by atoms with Gasteiger partial charge in [0.1, 0.15) is 5.69 Å². The maximum Gasteiger partial charge on any atom is 0.289 e. The predicted octanol–water partition coefficient (Wildman–Crippen LogP) is 1.43. The van der Waals surface area contributed by atoms with E-state index in [9.17, 15) is 9.59 Å². The van der Waals surface area contributed by atoms with Crippen LogP contribution in [0.4, 0.5) is 0 Å². The van der Waals surface area contributed by atoms with Crippen LogP contribution in [0.1, 0.15) is 20.8 Å². The summed E-state index contributed by atoms with van der Waals surface area (Å²) in [5.41, 5.74) is 6.36. The van der Waals surface area contributed by atoms with Crippen molar-refractivity contribution in [2.75, 3.05) is 6.79 Å². The Bertz CT molecular complexity index is 989. The zero-order chi connectivity index (χ0) is 17.2. The Morgan fingerprint density at radius 3 is 2.56 bits per heavy atom. The lowest BCUT2D eigenvalue weighted by atomic mass is 10.2. The number of carbonyl (C=O) groups is 2. The molecule has 0 fully saturated rings. The van der Waals surface area contributed by atoms with E-state index in [1.165, 1.54) is 6.20 Å². The lowest BCUT2D eigenvalue weighted by Gasteiger charge is -2.08. The molecule has 0 aliphatic carbocycles. The quantitative estimate of drug-likeness (QED) is 0.687. The number of aromatic nitrogens is 2. The van der Waals surface area contributed by atoms with Gasteiger partial charge in [-0.15, -0.1) is 0 Å². The minimum Gasteiger partial charge on any atom is -0.454 e. The summed E-state index contributed by atoms with van der Waals surface area (Å²) < 4.78 is 10.4. The van der Waals surface area contributed by atoms with E-state index in [-0.39, 0.29) is 12.5 Å². The van der Waals surface area contributed by atoms with Crippen molar-refractivity contribution >= 4 is 22.8 Å². The van der Waals surface area contributed by atoms with Crippen LogP contribution in [0.5, 0.6) is 11.5 Å². The Morgan fingerprint density at radius 1 is 0.920 bits per heavy atom. The van der Waals surface area contributed by atoms with Crippen LogP contribution in [0.2, 0.25) is 0 Å². The van der Waals surface area contributed by atoms with E-state index in [4.69, 9.17) is 9.47 Å². The van der Waals surface area contributed by atoms with Crippen LogP contribution < -0.4 is 20.3 Å². The molecule has 1 aromatic heterocycles. The van der Waals surface area contributed by atoms with Crippen molar-refractivity contribution in [1.29, 1.82) is 0 Å². The summed E-state index contributed by atoms with van der Waals surface area (Å²) in [6.45, 7) is 0.123. The fourth-order valence-electron chi connectivity index (χ4n) is 2.35. The normalized spacial score (nSPS) is 12.0. The number of para-hydroxylation sites is 2. The highest BCUT2D eigenvalue weighted by molar-refractivity contribution is 5.99. The van der Waals surface area contributed by atoms with Crippen molar-refractivity contribution < 1.29 is 19.1 Å². The molecule has 0 saturated carbocycles. The summed E-state index contributed by atoms with van der Waals surface area (Å²) in [7, 11) is 0. The van der Waals surface area contributed by atoms with Gasteiger partial charge >= 0.3 is 0 Å². The van der Waals surface area contributed by atoms with E-state index in [0.717, 1.165) is 0 Å². The topological polar surface area (TPSA) is 102 Å². The highest BCUT2D eigenvalue weighted by Gasteiger charge is 2.17. The molecule has 4 rings (SSSR count). The Labute approximate surface area is 141 Å². The lowest BCUT2D eigenvalue weighted by molar-refractivity contribution is 0.0844. The van der Waals surface area contributed by atoms with Gasteiger partial charge < -0.3 is 9.47 Å². The van der Waals surface area contributed by atoms with Crippen LogP contribution >= 0.6 is 0 Å². The predicted molar refractivity (Wildman–Crippen MR) is 87.0 cm³/mol. The summed E-state index contributed by atoms with van der Waals surface area (Å²) in [4.78, 5) is 32.6. The summed E-state index contributed by atoms with van der Waals surface area (Å²) in [6, 6.07) is 11.9. The molecule has 0 unspecified atom stereocenters. The van der Waals surface area contributed by atoms with Gasteiger partial charge in [-0.3, -0.25) is 25.4 Å². The number of nitrogens with zero attached hydrogens (tertiary/aromatic N) is 2.